The Kier molecular flexibility index (Phi) is 9.99. The van der Waals surface area contributed by atoms with Crippen molar-refractivity contribution in [2.75, 3.05) is 50.2 Å². The van der Waals surface area contributed by atoms with Crippen LogP contribution in [0.1, 0.15) is 21.6 Å². The van der Waals surface area contributed by atoms with Crippen molar-refractivity contribution >= 4 is 46.6 Å². The first-order valence-electron chi connectivity index (χ1n) is 15.9. The number of ether oxygens (including phenoxy) is 3. The van der Waals surface area contributed by atoms with E-state index in [-0.39, 0.29) is 31.0 Å². The molecule has 51 heavy (non-hydrogen) atoms. The number of aryl methyl sites for hydroxylation is 1. The monoisotopic (exact) mass is 722 g/mol. The Balaban J connectivity index is 0.00000448. The zero-order valence-electron chi connectivity index (χ0n) is 27.9. The van der Waals surface area contributed by atoms with E-state index in [1.165, 1.54) is 13.2 Å². The summed E-state index contributed by atoms with van der Waals surface area (Å²) in [5.41, 5.74) is 1.79. The number of aromatic nitrogens is 2. The van der Waals surface area contributed by atoms with Gasteiger partial charge in [0.25, 0.3) is 5.91 Å². The van der Waals surface area contributed by atoms with E-state index in [4.69, 9.17) is 14.2 Å². The number of carbonyl (C=O) groups excluding carboxylic acids is 2. The second-order valence-corrected chi connectivity index (χ2v) is 12.2. The van der Waals surface area contributed by atoms with Gasteiger partial charge in [-0.25, -0.2) is 22.9 Å². The van der Waals surface area contributed by atoms with Gasteiger partial charge in [0.05, 0.1) is 17.6 Å². The van der Waals surface area contributed by atoms with Gasteiger partial charge in [0, 0.05) is 75.4 Å². The maximum absolute atomic E-state index is 14.2. The second-order valence-electron chi connectivity index (χ2n) is 12.2. The highest BCUT2D eigenvalue weighted by Crippen LogP contribution is 2.33. The third kappa shape index (κ3) is 7.10. The van der Waals surface area contributed by atoms with Crippen LogP contribution in [0.25, 0.3) is 10.9 Å². The molecule has 0 radical (unpaired) electrons. The van der Waals surface area contributed by atoms with Crippen molar-refractivity contribution in [1.29, 1.82) is 0 Å². The van der Waals surface area contributed by atoms with E-state index in [0.717, 1.165) is 65.5 Å². The van der Waals surface area contributed by atoms with E-state index >= 15 is 0 Å². The van der Waals surface area contributed by atoms with Crippen molar-refractivity contribution in [3.8, 4) is 23.1 Å². The van der Waals surface area contributed by atoms with E-state index in [0.29, 0.717) is 30.2 Å². The van der Waals surface area contributed by atoms with E-state index in [1.54, 1.807) is 18.2 Å². The molecule has 0 saturated carbocycles. The zero-order chi connectivity index (χ0) is 35.1. The van der Waals surface area contributed by atoms with Crippen LogP contribution in [-0.4, -0.2) is 71.3 Å². The SMILES string of the molecule is Cc1c(F)cc(NC(=O)N(C)c2ccc(Oc3ccc4c(c3)cc(C(=O)N3CCN(Cc5ccc6c(c5)OCO6)CC3)n4C)nc2)c(F)c1F.Cl. The lowest BCUT2D eigenvalue weighted by molar-refractivity contribution is 0.0619. The maximum Gasteiger partial charge on any atom is 0.326 e. The quantitative estimate of drug-likeness (QED) is 0.183. The first kappa shape index (κ1) is 35.4. The zero-order valence-corrected chi connectivity index (χ0v) is 28.7. The first-order chi connectivity index (χ1) is 24.0. The summed E-state index contributed by atoms with van der Waals surface area (Å²) < 4.78 is 60.8. The molecule has 1 fully saturated rings. The number of halogens is 4. The summed E-state index contributed by atoms with van der Waals surface area (Å²) >= 11 is 0. The van der Waals surface area contributed by atoms with Crippen molar-refractivity contribution < 1.29 is 37.0 Å². The molecule has 0 aliphatic carbocycles. The number of anilines is 2. The summed E-state index contributed by atoms with van der Waals surface area (Å²) in [6.45, 7) is 4.83. The molecule has 3 aromatic carbocycles. The summed E-state index contributed by atoms with van der Waals surface area (Å²) in [7, 11) is 3.26. The standard InChI is InChI=1S/C36H33F3N6O5.ClH/c1-21-26(37)17-27(34(39)33(21)38)41-36(47)42(2)24-5-9-32(40-18-24)50-25-6-7-28-23(15-25)16-29(43(28)3)35(46)45-12-10-44(11-13-45)19-22-4-8-30-31(14-22)49-20-48-30;/h4-9,14-18H,10-13,19-20H2,1-3H3,(H,41,47);1H. The number of nitrogens with one attached hydrogen (secondary N) is 1. The van der Waals surface area contributed by atoms with Crippen molar-refractivity contribution in [2.24, 2.45) is 7.05 Å². The molecule has 0 bridgehead atoms. The number of fused-ring (bicyclic) bond motifs is 2. The predicted molar refractivity (Wildman–Crippen MR) is 187 cm³/mol. The number of carbonyl (C=O) groups is 2. The minimum Gasteiger partial charge on any atom is -0.454 e. The minimum atomic E-state index is -1.37. The fraction of sp³-hybridized carbons (Fsp3) is 0.250. The number of pyridine rings is 1. The highest BCUT2D eigenvalue weighted by atomic mass is 35.5. The number of hydrogen-bond donors (Lipinski definition) is 1. The molecular formula is C36H34ClF3N6O5. The number of piperazine rings is 1. The largest absolute Gasteiger partial charge is 0.454 e. The van der Waals surface area contributed by atoms with Gasteiger partial charge in [-0.1, -0.05) is 6.07 Å². The highest BCUT2D eigenvalue weighted by Gasteiger charge is 2.26. The number of urea groups is 1. The second kappa shape index (κ2) is 14.4. The molecule has 5 aromatic rings. The Morgan fingerprint density at radius 1 is 0.941 bits per heavy atom. The lowest BCUT2D eigenvalue weighted by Crippen LogP contribution is -2.48. The highest BCUT2D eigenvalue weighted by molar-refractivity contribution is 6.01. The van der Waals surface area contributed by atoms with Gasteiger partial charge in [-0.2, -0.15) is 0 Å². The van der Waals surface area contributed by atoms with E-state index < -0.39 is 34.7 Å². The van der Waals surface area contributed by atoms with Gasteiger partial charge in [0.2, 0.25) is 12.7 Å². The average Bonchev–Trinajstić information content (AvgIpc) is 3.73. The molecular weight excluding hydrogens is 689 g/mol. The molecule has 0 atom stereocenters. The van der Waals surface area contributed by atoms with Crippen LogP contribution in [0.4, 0.5) is 29.3 Å². The van der Waals surface area contributed by atoms with Crippen molar-refractivity contribution in [2.45, 2.75) is 13.5 Å². The molecule has 2 aliphatic rings. The van der Waals surface area contributed by atoms with Crippen LogP contribution in [0.2, 0.25) is 0 Å². The van der Waals surface area contributed by atoms with Crippen LogP contribution < -0.4 is 24.4 Å². The smallest absolute Gasteiger partial charge is 0.326 e. The normalized spacial score (nSPS) is 14.0. The lowest BCUT2D eigenvalue weighted by atomic mass is 10.1. The van der Waals surface area contributed by atoms with E-state index in [1.807, 2.05) is 52.9 Å². The van der Waals surface area contributed by atoms with Gasteiger partial charge in [0.15, 0.2) is 23.1 Å². The van der Waals surface area contributed by atoms with E-state index in [2.05, 4.69) is 15.2 Å². The minimum absolute atomic E-state index is 0. The van der Waals surface area contributed by atoms with Gasteiger partial charge in [-0.3, -0.25) is 14.6 Å². The van der Waals surface area contributed by atoms with Crippen LogP contribution in [0.5, 0.6) is 23.1 Å². The molecule has 15 heteroatoms. The number of hydrogen-bond acceptors (Lipinski definition) is 7. The van der Waals surface area contributed by atoms with Gasteiger partial charge in [0.1, 0.15) is 17.3 Å². The Bertz CT molecular complexity index is 2120. The molecule has 1 saturated heterocycles. The van der Waals surface area contributed by atoms with E-state index in [9.17, 15) is 22.8 Å². The molecule has 3 amide bonds. The molecule has 0 unspecified atom stereocenters. The van der Waals surface area contributed by atoms with Gasteiger partial charge in [-0.15, -0.1) is 12.4 Å². The Morgan fingerprint density at radius 3 is 2.45 bits per heavy atom. The lowest BCUT2D eigenvalue weighted by Gasteiger charge is -2.34. The summed E-state index contributed by atoms with van der Waals surface area (Å²) in [5.74, 6) is -1.50. The summed E-state index contributed by atoms with van der Waals surface area (Å²) in [5, 5.41) is 2.99. The first-order valence-corrected chi connectivity index (χ1v) is 15.9. The van der Waals surface area contributed by atoms with Gasteiger partial charge < -0.3 is 29.0 Å². The molecule has 1 N–H and O–H groups in total. The Morgan fingerprint density at radius 2 is 1.71 bits per heavy atom. The topological polar surface area (TPSA) is 101 Å². The van der Waals surface area contributed by atoms with Crippen molar-refractivity contribution in [3.63, 3.8) is 0 Å². The van der Waals surface area contributed by atoms with Crippen molar-refractivity contribution in [1.82, 2.24) is 19.4 Å². The van der Waals surface area contributed by atoms with Crippen LogP contribution in [-0.2, 0) is 13.6 Å². The third-order valence-electron chi connectivity index (χ3n) is 9.00. The molecule has 0 spiro atoms. The van der Waals surface area contributed by atoms with Crippen molar-refractivity contribution in [3.05, 3.63) is 101 Å². The summed E-state index contributed by atoms with van der Waals surface area (Å²) in [4.78, 5) is 35.8. The molecule has 266 valence electrons. The average molecular weight is 723 g/mol. The number of amides is 3. The summed E-state index contributed by atoms with van der Waals surface area (Å²) in [6.07, 6.45) is 1.37. The predicted octanol–water partition coefficient (Wildman–Crippen LogP) is 6.87. The Hall–Kier alpha value is -5.47. The molecule has 2 aliphatic heterocycles. The van der Waals surface area contributed by atoms with Crippen LogP contribution in [0.15, 0.2) is 66.9 Å². The van der Waals surface area contributed by atoms with Crippen LogP contribution in [0, 0.1) is 24.4 Å². The third-order valence-corrected chi connectivity index (χ3v) is 9.00. The fourth-order valence-corrected chi connectivity index (χ4v) is 6.01. The van der Waals surface area contributed by atoms with Crippen LogP contribution in [0.3, 0.4) is 0 Å². The van der Waals surface area contributed by atoms with Gasteiger partial charge in [-0.05, 0) is 55.0 Å². The molecule has 4 heterocycles. The molecule has 11 nitrogen and oxygen atoms in total. The fourth-order valence-electron chi connectivity index (χ4n) is 6.01. The van der Waals surface area contributed by atoms with Gasteiger partial charge >= 0.3 is 6.03 Å². The van der Waals surface area contributed by atoms with Crippen LogP contribution >= 0.6 is 12.4 Å². The molecule has 7 rings (SSSR count). The number of nitrogens with zero attached hydrogens (tertiary/aromatic N) is 5. The number of benzene rings is 3. The Labute approximate surface area is 297 Å². The molecule has 2 aromatic heterocycles. The number of rotatable bonds is 7. The maximum atomic E-state index is 14.2. The summed E-state index contributed by atoms with van der Waals surface area (Å²) in [6, 6.07) is 16.3.